The fraction of sp³-hybridized carbons (Fsp3) is 0.722. The SMILES string of the molecule is Cc1ocnc1CC(=O)N1CC(O)(CNC(=O)CC2CCC(C)C2)C1. The van der Waals surface area contributed by atoms with Gasteiger partial charge in [-0.25, -0.2) is 4.98 Å². The smallest absolute Gasteiger partial charge is 0.228 e. The first-order valence-electron chi connectivity index (χ1n) is 9.00. The lowest BCUT2D eigenvalue weighted by molar-refractivity contribution is -0.154. The van der Waals surface area contributed by atoms with Crippen molar-refractivity contribution < 1.29 is 19.1 Å². The minimum Gasteiger partial charge on any atom is -0.449 e. The highest BCUT2D eigenvalue weighted by molar-refractivity contribution is 5.80. The largest absolute Gasteiger partial charge is 0.449 e. The standard InChI is InChI=1S/C18H27N3O4/c1-12-3-4-14(5-12)6-16(22)19-8-18(24)9-21(10-18)17(23)7-15-13(2)25-11-20-15/h11-12,14,24H,3-10H2,1-2H3,(H,19,22). The summed E-state index contributed by atoms with van der Waals surface area (Å²) in [6, 6.07) is 0. The first-order chi connectivity index (χ1) is 11.8. The van der Waals surface area contributed by atoms with Crippen molar-refractivity contribution in [1.29, 1.82) is 0 Å². The maximum Gasteiger partial charge on any atom is 0.228 e. The van der Waals surface area contributed by atoms with Crippen molar-refractivity contribution in [1.82, 2.24) is 15.2 Å². The molecule has 0 radical (unpaired) electrons. The summed E-state index contributed by atoms with van der Waals surface area (Å²) >= 11 is 0. The number of nitrogens with zero attached hydrogens (tertiary/aromatic N) is 2. The summed E-state index contributed by atoms with van der Waals surface area (Å²) < 4.78 is 5.08. The third kappa shape index (κ3) is 4.39. The molecule has 1 aromatic rings. The zero-order chi connectivity index (χ0) is 18.0. The number of aromatic nitrogens is 1. The van der Waals surface area contributed by atoms with Gasteiger partial charge >= 0.3 is 0 Å². The van der Waals surface area contributed by atoms with Crippen molar-refractivity contribution in [2.24, 2.45) is 11.8 Å². The van der Waals surface area contributed by atoms with Crippen molar-refractivity contribution in [2.45, 2.75) is 51.6 Å². The monoisotopic (exact) mass is 349 g/mol. The number of oxazole rings is 1. The van der Waals surface area contributed by atoms with Gasteiger partial charge in [0.25, 0.3) is 0 Å². The lowest BCUT2D eigenvalue weighted by atomic mass is 9.93. The van der Waals surface area contributed by atoms with E-state index in [0.29, 0.717) is 29.7 Å². The minimum absolute atomic E-state index is 0.00414. The first kappa shape index (κ1) is 17.9. The predicted octanol–water partition coefficient (Wildman–Crippen LogP) is 1.04. The third-order valence-corrected chi connectivity index (χ3v) is 5.38. The zero-order valence-electron chi connectivity index (χ0n) is 15.0. The number of likely N-dealkylation sites (tertiary alicyclic amines) is 1. The van der Waals surface area contributed by atoms with Gasteiger partial charge in [-0.2, -0.15) is 0 Å². The van der Waals surface area contributed by atoms with E-state index in [2.05, 4.69) is 17.2 Å². The minimum atomic E-state index is -1.02. The number of nitrogens with one attached hydrogen (secondary N) is 1. The summed E-state index contributed by atoms with van der Waals surface area (Å²) in [4.78, 5) is 29.8. The van der Waals surface area contributed by atoms with E-state index in [1.807, 2.05) is 0 Å². The van der Waals surface area contributed by atoms with Gasteiger partial charge in [0, 0.05) is 13.0 Å². The first-order valence-corrected chi connectivity index (χ1v) is 9.00. The van der Waals surface area contributed by atoms with Gasteiger partial charge in [0.1, 0.15) is 11.4 Å². The van der Waals surface area contributed by atoms with Crippen LogP contribution in [0, 0.1) is 18.8 Å². The van der Waals surface area contributed by atoms with Crippen LogP contribution in [0.3, 0.4) is 0 Å². The molecule has 7 heteroatoms. The summed E-state index contributed by atoms with van der Waals surface area (Å²) in [5.74, 6) is 1.72. The Hall–Kier alpha value is -1.89. The van der Waals surface area contributed by atoms with Crippen LogP contribution in [0.4, 0.5) is 0 Å². The van der Waals surface area contributed by atoms with Gasteiger partial charge in [-0.3, -0.25) is 9.59 Å². The highest BCUT2D eigenvalue weighted by Gasteiger charge is 2.43. The summed E-state index contributed by atoms with van der Waals surface area (Å²) in [5.41, 5.74) is -0.396. The predicted molar refractivity (Wildman–Crippen MR) is 90.6 cm³/mol. The number of hydrogen-bond acceptors (Lipinski definition) is 5. The van der Waals surface area contributed by atoms with Crippen LogP contribution in [0.25, 0.3) is 0 Å². The van der Waals surface area contributed by atoms with E-state index < -0.39 is 5.60 Å². The Morgan fingerprint density at radius 1 is 1.44 bits per heavy atom. The molecule has 3 rings (SSSR count). The second-order valence-electron chi connectivity index (χ2n) is 7.77. The summed E-state index contributed by atoms with van der Waals surface area (Å²) in [6.07, 6.45) is 5.46. The molecular formula is C18H27N3O4. The Morgan fingerprint density at radius 3 is 2.80 bits per heavy atom. The molecule has 2 atom stereocenters. The lowest BCUT2D eigenvalue weighted by Crippen LogP contribution is -2.67. The second-order valence-corrected chi connectivity index (χ2v) is 7.77. The molecule has 0 aromatic carbocycles. The Morgan fingerprint density at radius 2 is 2.20 bits per heavy atom. The normalized spacial score (nSPS) is 24.8. The Balaban J connectivity index is 1.38. The van der Waals surface area contributed by atoms with Crippen LogP contribution < -0.4 is 5.32 Å². The van der Waals surface area contributed by atoms with Gasteiger partial charge in [0.15, 0.2) is 6.39 Å². The average Bonchev–Trinajstić information content (AvgIpc) is 3.11. The number of amides is 2. The van der Waals surface area contributed by atoms with Crippen LogP contribution in [0.15, 0.2) is 10.8 Å². The highest BCUT2D eigenvalue weighted by Crippen LogP contribution is 2.32. The number of rotatable bonds is 6. The van der Waals surface area contributed by atoms with Gasteiger partial charge < -0.3 is 19.7 Å². The van der Waals surface area contributed by atoms with Gasteiger partial charge in [0.05, 0.1) is 25.2 Å². The molecule has 1 saturated heterocycles. The topological polar surface area (TPSA) is 95.7 Å². The number of carbonyl (C=O) groups excluding carboxylic acids is 2. The summed E-state index contributed by atoms with van der Waals surface area (Å²) in [7, 11) is 0. The van der Waals surface area contributed by atoms with Crippen LogP contribution in [-0.2, 0) is 16.0 Å². The molecule has 1 saturated carbocycles. The zero-order valence-corrected chi connectivity index (χ0v) is 15.0. The summed E-state index contributed by atoms with van der Waals surface area (Å²) in [5, 5.41) is 13.2. The van der Waals surface area contributed by atoms with Crippen LogP contribution in [0.5, 0.6) is 0 Å². The molecule has 0 bridgehead atoms. The number of β-amino-alcohol motifs (C(OH)–C–C–N with tert-alkyl or cyclic N) is 1. The highest BCUT2D eigenvalue weighted by atomic mass is 16.3. The molecule has 2 heterocycles. The third-order valence-electron chi connectivity index (χ3n) is 5.38. The maximum absolute atomic E-state index is 12.2. The Kier molecular flexibility index (Phi) is 5.13. The number of aryl methyl sites for hydroxylation is 1. The molecule has 2 aliphatic rings. The molecule has 25 heavy (non-hydrogen) atoms. The maximum atomic E-state index is 12.2. The van der Waals surface area contributed by atoms with Crippen LogP contribution in [0.1, 0.15) is 44.1 Å². The van der Waals surface area contributed by atoms with E-state index in [1.54, 1.807) is 11.8 Å². The van der Waals surface area contributed by atoms with Crippen molar-refractivity contribution >= 4 is 11.8 Å². The Bertz CT molecular complexity index is 636. The fourth-order valence-corrected chi connectivity index (χ4v) is 3.81. The van der Waals surface area contributed by atoms with E-state index in [4.69, 9.17) is 4.42 Å². The Labute approximate surface area is 147 Å². The van der Waals surface area contributed by atoms with E-state index in [-0.39, 0.29) is 37.9 Å². The van der Waals surface area contributed by atoms with Gasteiger partial charge in [-0.15, -0.1) is 0 Å². The van der Waals surface area contributed by atoms with Crippen LogP contribution in [-0.4, -0.2) is 52.0 Å². The lowest BCUT2D eigenvalue weighted by Gasteiger charge is -2.46. The number of hydrogen-bond donors (Lipinski definition) is 2. The molecule has 2 amide bonds. The quantitative estimate of drug-likeness (QED) is 0.800. The van der Waals surface area contributed by atoms with E-state index >= 15 is 0 Å². The second kappa shape index (κ2) is 7.15. The van der Waals surface area contributed by atoms with Crippen LogP contribution >= 0.6 is 0 Å². The molecule has 138 valence electrons. The molecule has 1 aliphatic carbocycles. The average molecular weight is 349 g/mol. The molecule has 0 spiro atoms. The van der Waals surface area contributed by atoms with Gasteiger partial charge in [-0.05, 0) is 31.6 Å². The summed E-state index contributed by atoms with van der Waals surface area (Å²) in [6.45, 7) is 4.66. The van der Waals surface area contributed by atoms with Crippen molar-refractivity contribution in [3.05, 3.63) is 17.8 Å². The van der Waals surface area contributed by atoms with Gasteiger partial charge in [0.2, 0.25) is 11.8 Å². The van der Waals surface area contributed by atoms with Crippen molar-refractivity contribution in [3.8, 4) is 0 Å². The number of aliphatic hydroxyl groups is 1. The van der Waals surface area contributed by atoms with E-state index in [1.165, 1.54) is 12.8 Å². The fourth-order valence-electron chi connectivity index (χ4n) is 3.81. The van der Waals surface area contributed by atoms with Gasteiger partial charge in [-0.1, -0.05) is 13.3 Å². The molecule has 2 unspecified atom stereocenters. The molecule has 2 N–H and O–H groups in total. The van der Waals surface area contributed by atoms with Crippen LogP contribution in [0.2, 0.25) is 0 Å². The molecule has 1 aliphatic heterocycles. The molecule has 1 aromatic heterocycles. The van der Waals surface area contributed by atoms with E-state index in [9.17, 15) is 14.7 Å². The molecule has 2 fully saturated rings. The van der Waals surface area contributed by atoms with Crippen molar-refractivity contribution in [3.63, 3.8) is 0 Å². The number of carbonyl (C=O) groups is 2. The van der Waals surface area contributed by atoms with E-state index in [0.717, 1.165) is 12.8 Å². The van der Waals surface area contributed by atoms with Crippen molar-refractivity contribution in [2.75, 3.05) is 19.6 Å². The molecule has 7 nitrogen and oxygen atoms in total. The molecular weight excluding hydrogens is 322 g/mol.